The molecule has 3 rings (SSSR count). The van der Waals surface area contributed by atoms with Crippen molar-refractivity contribution in [1.29, 1.82) is 0 Å². The fourth-order valence-corrected chi connectivity index (χ4v) is 4.94. The molecule has 224 valence electrons. The minimum absolute atomic E-state index is 0.00405. The van der Waals surface area contributed by atoms with Gasteiger partial charge in [0.25, 0.3) is 0 Å². The summed E-state index contributed by atoms with van der Waals surface area (Å²) < 4.78 is 56.7. The van der Waals surface area contributed by atoms with Crippen LogP contribution in [0.1, 0.15) is 63.1 Å². The van der Waals surface area contributed by atoms with Crippen molar-refractivity contribution in [2.75, 3.05) is 7.11 Å². The molecule has 1 unspecified atom stereocenters. The molecule has 41 heavy (non-hydrogen) atoms. The van der Waals surface area contributed by atoms with Crippen LogP contribution in [0.2, 0.25) is 0 Å². The van der Waals surface area contributed by atoms with Crippen molar-refractivity contribution in [3.8, 4) is 0 Å². The molecule has 0 spiro atoms. The highest BCUT2D eigenvalue weighted by Crippen LogP contribution is 2.36. The Kier molecular flexibility index (Phi) is 10.6. The summed E-state index contributed by atoms with van der Waals surface area (Å²) in [5.74, 6) is -0.681. The summed E-state index contributed by atoms with van der Waals surface area (Å²) in [5, 5.41) is 2.52. The molecule has 1 heterocycles. The maximum Gasteiger partial charge on any atom is 0.416 e. The maximum atomic E-state index is 13.7. The van der Waals surface area contributed by atoms with Gasteiger partial charge in [0.05, 0.1) is 12.7 Å². The molecule has 1 aliphatic heterocycles. The molecule has 0 aliphatic carbocycles. The lowest BCUT2D eigenvalue weighted by Gasteiger charge is -2.33. The van der Waals surface area contributed by atoms with Crippen LogP contribution >= 0.6 is 0 Å². The fraction of sp³-hybridized carbons (Fsp3) is 0.500. The summed E-state index contributed by atoms with van der Waals surface area (Å²) in [4.78, 5) is 39.7. The van der Waals surface area contributed by atoms with Crippen LogP contribution < -0.4 is 5.32 Å². The van der Waals surface area contributed by atoms with Crippen LogP contribution in [-0.2, 0) is 38.2 Å². The summed E-state index contributed by atoms with van der Waals surface area (Å²) in [7, 11) is 1.20. The Morgan fingerprint density at radius 2 is 1.61 bits per heavy atom. The van der Waals surface area contributed by atoms with Crippen molar-refractivity contribution >= 4 is 18.2 Å². The van der Waals surface area contributed by atoms with Crippen molar-refractivity contribution in [1.82, 2.24) is 10.2 Å². The molecule has 11 heteroatoms. The van der Waals surface area contributed by atoms with E-state index in [-0.39, 0.29) is 31.4 Å². The van der Waals surface area contributed by atoms with Crippen LogP contribution in [0.25, 0.3) is 0 Å². The second kappa shape index (κ2) is 13.7. The first-order valence-electron chi connectivity index (χ1n) is 13.5. The zero-order valence-corrected chi connectivity index (χ0v) is 23.7. The number of methoxy groups -OCH3 is 1. The maximum absolute atomic E-state index is 13.7. The number of alkyl carbamates (subject to hydrolysis) is 1. The summed E-state index contributed by atoms with van der Waals surface area (Å²) >= 11 is 0. The Morgan fingerprint density at radius 1 is 0.976 bits per heavy atom. The predicted octanol–water partition coefficient (Wildman–Crippen LogP) is 6.26. The summed E-state index contributed by atoms with van der Waals surface area (Å²) in [6.07, 6.45) is -4.65. The molecule has 1 saturated heterocycles. The molecule has 2 amide bonds. The van der Waals surface area contributed by atoms with E-state index >= 15 is 0 Å². The third kappa shape index (κ3) is 9.40. The van der Waals surface area contributed by atoms with Gasteiger partial charge in [-0.2, -0.15) is 13.2 Å². The topological polar surface area (TPSA) is 94.2 Å². The van der Waals surface area contributed by atoms with Crippen LogP contribution in [0.4, 0.5) is 22.8 Å². The summed E-state index contributed by atoms with van der Waals surface area (Å²) in [6, 6.07) is 12.3. The number of carbonyl (C=O) groups is 3. The Morgan fingerprint density at radius 3 is 2.24 bits per heavy atom. The van der Waals surface area contributed by atoms with Crippen molar-refractivity contribution in [3.05, 3.63) is 71.3 Å². The third-order valence-electron chi connectivity index (χ3n) is 6.78. The van der Waals surface area contributed by atoms with Crippen LogP contribution in [0, 0.1) is 0 Å². The van der Waals surface area contributed by atoms with E-state index in [4.69, 9.17) is 14.2 Å². The largest absolute Gasteiger partial charge is 0.467 e. The highest BCUT2D eigenvalue weighted by molar-refractivity contribution is 5.81. The Hall–Kier alpha value is -3.76. The molecular formula is C30H37F3N2O6. The number of hydrogen-bond donors (Lipinski definition) is 1. The molecule has 8 nitrogen and oxygen atoms in total. The molecule has 1 aliphatic rings. The molecule has 1 N–H and O–H groups in total. The first-order valence-corrected chi connectivity index (χ1v) is 13.5. The second-order valence-corrected chi connectivity index (χ2v) is 11.0. The zero-order valence-electron chi connectivity index (χ0n) is 23.7. The number of ether oxygens (including phenoxy) is 3. The molecule has 3 atom stereocenters. The third-order valence-corrected chi connectivity index (χ3v) is 6.78. The molecule has 0 aromatic heterocycles. The average Bonchev–Trinajstić information content (AvgIpc) is 3.31. The van der Waals surface area contributed by atoms with Crippen molar-refractivity contribution < 1.29 is 41.8 Å². The number of benzene rings is 2. The Bertz CT molecular complexity index is 1180. The van der Waals surface area contributed by atoms with Crippen molar-refractivity contribution in [2.24, 2.45) is 0 Å². The van der Waals surface area contributed by atoms with Gasteiger partial charge in [0.2, 0.25) is 0 Å². The molecule has 0 saturated carbocycles. The number of halogens is 3. The number of amides is 2. The molecule has 2 aromatic rings. The molecule has 0 bridgehead atoms. The predicted molar refractivity (Wildman–Crippen MR) is 145 cm³/mol. The van der Waals surface area contributed by atoms with Crippen LogP contribution in [0.15, 0.2) is 54.6 Å². The highest BCUT2D eigenvalue weighted by atomic mass is 19.4. The average molecular weight is 579 g/mol. The number of nitrogens with zero attached hydrogens (tertiary/aromatic N) is 1. The van der Waals surface area contributed by atoms with E-state index in [0.717, 1.165) is 11.6 Å². The molecular weight excluding hydrogens is 541 g/mol. The van der Waals surface area contributed by atoms with Crippen LogP contribution in [0.3, 0.4) is 0 Å². The number of alkyl halides is 3. The lowest BCUT2D eigenvalue weighted by atomic mass is 9.98. The van der Waals surface area contributed by atoms with E-state index in [1.807, 2.05) is 6.07 Å². The molecule has 2 aromatic carbocycles. The normalized spacial score (nSPS) is 18.0. The quantitative estimate of drug-likeness (QED) is 0.279. The van der Waals surface area contributed by atoms with E-state index in [9.17, 15) is 27.6 Å². The van der Waals surface area contributed by atoms with E-state index < -0.39 is 53.6 Å². The number of hydrogen-bond acceptors (Lipinski definition) is 6. The Balaban J connectivity index is 1.73. The SMILES string of the molecule is COC(=O)C(CC[C@@H]1CC[C@@H](Cc2ccccc2C(F)(F)F)N1C(=O)OC(C)(C)C)NC(=O)OCc1ccccc1. The minimum atomic E-state index is -4.53. The number of esters is 1. The summed E-state index contributed by atoms with van der Waals surface area (Å²) in [6.45, 7) is 5.14. The second-order valence-electron chi connectivity index (χ2n) is 11.0. The Labute approximate surface area is 238 Å². The van der Waals surface area contributed by atoms with E-state index in [1.54, 1.807) is 51.1 Å². The van der Waals surface area contributed by atoms with E-state index in [0.29, 0.717) is 12.8 Å². The zero-order chi connectivity index (χ0) is 30.2. The first kappa shape index (κ1) is 31.8. The van der Waals surface area contributed by atoms with Gasteiger partial charge in [-0.05, 0) is 70.1 Å². The number of rotatable bonds is 9. The summed E-state index contributed by atoms with van der Waals surface area (Å²) in [5.41, 5.74) is -0.697. The van der Waals surface area contributed by atoms with Gasteiger partial charge in [0.15, 0.2) is 0 Å². The molecule has 1 fully saturated rings. The van der Waals surface area contributed by atoms with Crippen LogP contribution in [-0.4, -0.2) is 53.9 Å². The number of nitrogens with one attached hydrogen (secondary N) is 1. The smallest absolute Gasteiger partial charge is 0.416 e. The van der Waals surface area contributed by atoms with Gasteiger partial charge in [-0.1, -0.05) is 48.5 Å². The fourth-order valence-electron chi connectivity index (χ4n) is 4.94. The van der Waals surface area contributed by atoms with Crippen molar-refractivity contribution in [2.45, 2.75) is 89.4 Å². The van der Waals surface area contributed by atoms with E-state index in [1.165, 1.54) is 24.1 Å². The number of carbonyl (C=O) groups excluding carboxylic acids is 3. The minimum Gasteiger partial charge on any atom is -0.467 e. The lowest BCUT2D eigenvalue weighted by molar-refractivity contribution is -0.143. The van der Waals surface area contributed by atoms with Gasteiger partial charge >= 0.3 is 24.3 Å². The van der Waals surface area contributed by atoms with Gasteiger partial charge in [0, 0.05) is 12.1 Å². The van der Waals surface area contributed by atoms with Gasteiger partial charge < -0.3 is 24.4 Å². The monoisotopic (exact) mass is 578 g/mol. The van der Waals surface area contributed by atoms with Gasteiger partial charge in [-0.15, -0.1) is 0 Å². The van der Waals surface area contributed by atoms with Gasteiger partial charge in [-0.25, -0.2) is 14.4 Å². The highest BCUT2D eigenvalue weighted by Gasteiger charge is 2.41. The van der Waals surface area contributed by atoms with Gasteiger partial charge in [0.1, 0.15) is 18.2 Å². The first-order chi connectivity index (χ1) is 19.3. The van der Waals surface area contributed by atoms with E-state index in [2.05, 4.69) is 5.32 Å². The van der Waals surface area contributed by atoms with Crippen molar-refractivity contribution in [3.63, 3.8) is 0 Å². The van der Waals surface area contributed by atoms with Crippen LogP contribution in [0.5, 0.6) is 0 Å². The lowest BCUT2D eigenvalue weighted by Crippen LogP contribution is -2.46. The van der Waals surface area contributed by atoms with Gasteiger partial charge in [-0.3, -0.25) is 0 Å². The molecule has 0 radical (unpaired) electrons. The standard InChI is InChI=1S/C30H37F3N2O6/c1-29(2,3)41-28(38)35-22(14-15-23(35)18-21-12-8-9-13-24(21)30(31,32)33)16-17-25(26(36)39-4)34-27(37)40-19-20-10-6-5-7-11-20/h5-13,22-23,25H,14-19H2,1-4H3,(H,34,37)/t22-,23-,25?/m0/s1. The number of likely N-dealkylation sites (tertiary alicyclic amines) is 1.